The second-order valence-electron chi connectivity index (χ2n) is 5.34. The molecule has 1 fully saturated rings. The standard InChI is InChI=1S/C15H22N2O2/c1-16-9-8-14(10-16)11-17(2)15(18)19-12-13-6-4-3-5-7-13/h3-7,14H,8-12H2,1-2H3. The average molecular weight is 262 g/mol. The monoisotopic (exact) mass is 262 g/mol. The first-order chi connectivity index (χ1) is 9.15. The van der Waals surface area contributed by atoms with Crippen molar-refractivity contribution < 1.29 is 9.53 Å². The van der Waals surface area contributed by atoms with Crippen LogP contribution in [0.2, 0.25) is 0 Å². The first kappa shape index (κ1) is 13.9. The molecule has 0 spiro atoms. The normalized spacial score (nSPS) is 19.4. The molecule has 104 valence electrons. The molecule has 4 heteroatoms. The molecule has 1 aliphatic heterocycles. The molecule has 1 unspecified atom stereocenters. The number of carbonyl (C=O) groups is 1. The number of nitrogens with zero attached hydrogens (tertiary/aromatic N) is 2. The highest BCUT2D eigenvalue weighted by Crippen LogP contribution is 2.15. The largest absolute Gasteiger partial charge is 0.445 e. The van der Waals surface area contributed by atoms with Crippen LogP contribution in [0.4, 0.5) is 4.79 Å². The van der Waals surface area contributed by atoms with Crippen molar-refractivity contribution in [1.82, 2.24) is 9.80 Å². The van der Waals surface area contributed by atoms with Gasteiger partial charge in [-0.15, -0.1) is 0 Å². The molecule has 0 radical (unpaired) electrons. The van der Waals surface area contributed by atoms with Gasteiger partial charge in [-0.1, -0.05) is 30.3 Å². The first-order valence-corrected chi connectivity index (χ1v) is 6.75. The fourth-order valence-corrected chi connectivity index (χ4v) is 2.47. The fourth-order valence-electron chi connectivity index (χ4n) is 2.47. The Hall–Kier alpha value is -1.55. The van der Waals surface area contributed by atoms with E-state index < -0.39 is 0 Å². The van der Waals surface area contributed by atoms with E-state index in [1.807, 2.05) is 37.4 Å². The van der Waals surface area contributed by atoms with Crippen LogP contribution in [0.3, 0.4) is 0 Å². The third kappa shape index (κ3) is 4.24. The zero-order chi connectivity index (χ0) is 13.7. The number of carbonyl (C=O) groups excluding carboxylic acids is 1. The Morgan fingerprint density at radius 2 is 2.16 bits per heavy atom. The molecule has 1 aromatic rings. The van der Waals surface area contributed by atoms with Crippen molar-refractivity contribution in [2.75, 3.05) is 33.7 Å². The quantitative estimate of drug-likeness (QED) is 0.834. The van der Waals surface area contributed by atoms with E-state index in [0.29, 0.717) is 12.5 Å². The summed E-state index contributed by atoms with van der Waals surface area (Å²) < 4.78 is 5.30. The third-order valence-electron chi connectivity index (χ3n) is 3.54. The molecule has 1 amide bonds. The Kier molecular flexibility index (Phi) is 4.80. The zero-order valence-electron chi connectivity index (χ0n) is 11.7. The van der Waals surface area contributed by atoms with Crippen LogP contribution >= 0.6 is 0 Å². The van der Waals surface area contributed by atoms with Crippen LogP contribution in [-0.2, 0) is 11.3 Å². The Morgan fingerprint density at radius 1 is 1.42 bits per heavy atom. The summed E-state index contributed by atoms with van der Waals surface area (Å²) in [4.78, 5) is 15.9. The van der Waals surface area contributed by atoms with Crippen molar-refractivity contribution >= 4 is 6.09 Å². The molecule has 0 bridgehead atoms. The Bertz CT molecular complexity index is 408. The molecule has 0 aliphatic carbocycles. The van der Waals surface area contributed by atoms with Gasteiger partial charge in [-0.2, -0.15) is 0 Å². The second-order valence-corrected chi connectivity index (χ2v) is 5.34. The van der Waals surface area contributed by atoms with E-state index in [9.17, 15) is 4.79 Å². The Morgan fingerprint density at radius 3 is 2.79 bits per heavy atom. The average Bonchev–Trinajstić information content (AvgIpc) is 2.82. The molecule has 1 saturated heterocycles. The van der Waals surface area contributed by atoms with Gasteiger partial charge in [-0.3, -0.25) is 0 Å². The molecule has 1 atom stereocenters. The van der Waals surface area contributed by atoms with Gasteiger partial charge in [-0.25, -0.2) is 4.79 Å². The second kappa shape index (κ2) is 6.57. The summed E-state index contributed by atoms with van der Waals surface area (Å²) in [5.74, 6) is 0.569. The molecule has 1 heterocycles. The predicted molar refractivity (Wildman–Crippen MR) is 74.9 cm³/mol. The molecule has 1 aromatic carbocycles. The lowest BCUT2D eigenvalue weighted by molar-refractivity contribution is 0.0998. The molecule has 0 saturated carbocycles. The van der Waals surface area contributed by atoms with Gasteiger partial charge in [0, 0.05) is 20.1 Å². The summed E-state index contributed by atoms with van der Waals surface area (Å²) in [6, 6.07) is 9.76. The first-order valence-electron chi connectivity index (χ1n) is 6.75. The van der Waals surface area contributed by atoms with Gasteiger partial charge >= 0.3 is 6.09 Å². The van der Waals surface area contributed by atoms with Crippen LogP contribution < -0.4 is 0 Å². The van der Waals surface area contributed by atoms with Gasteiger partial charge in [0.1, 0.15) is 6.61 Å². The predicted octanol–water partition coefficient (Wildman–Crippen LogP) is 2.21. The number of benzene rings is 1. The van der Waals surface area contributed by atoms with Gasteiger partial charge in [0.05, 0.1) is 0 Å². The van der Waals surface area contributed by atoms with E-state index in [1.54, 1.807) is 4.90 Å². The van der Waals surface area contributed by atoms with Gasteiger partial charge in [0.15, 0.2) is 0 Å². The minimum absolute atomic E-state index is 0.238. The number of ether oxygens (including phenoxy) is 1. The molecule has 1 aliphatic rings. The molecule has 0 N–H and O–H groups in total. The SMILES string of the molecule is CN1CCC(CN(C)C(=O)OCc2ccccc2)C1. The number of amides is 1. The minimum atomic E-state index is -0.238. The maximum atomic E-state index is 11.9. The fraction of sp³-hybridized carbons (Fsp3) is 0.533. The van der Waals surface area contributed by atoms with Crippen LogP contribution in [0.1, 0.15) is 12.0 Å². The summed E-state index contributed by atoms with van der Waals surface area (Å²) in [6.45, 7) is 3.31. The lowest BCUT2D eigenvalue weighted by Gasteiger charge is -2.20. The molecular formula is C15H22N2O2. The third-order valence-corrected chi connectivity index (χ3v) is 3.54. The highest BCUT2D eigenvalue weighted by Gasteiger charge is 2.23. The van der Waals surface area contributed by atoms with E-state index in [0.717, 1.165) is 31.6 Å². The van der Waals surface area contributed by atoms with Crippen molar-refractivity contribution in [2.45, 2.75) is 13.0 Å². The zero-order valence-corrected chi connectivity index (χ0v) is 11.7. The summed E-state index contributed by atoms with van der Waals surface area (Å²) >= 11 is 0. The van der Waals surface area contributed by atoms with E-state index in [4.69, 9.17) is 4.74 Å². The van der Waals surface area contributed by atoms with Crippen LogP contribution in [0.5, 0.6) is 0 Å². The van der Waals surface area contributed by atoms with Gasteiger partial charge in [0.2, 0.25) is 0 Å². The summed E-state index contributed by atoms with van der Waals surface area (Å²) in [5, 5.41) is 0. The minimum Gasteiger partial charge on any atom is -0.445 e. The Labute approximate surface area is 115 Å². The van der Waals surface area contributed by atoms with Crippen LogP contribution in [0.15, 0.2) is 30.3 Å². The lowest BCUT2D eigenvalue weighted by Crippen LogP contribution is -2.33. The molecule has 0 aromatic heterocycles. The summed E-state index contributed by atoms with van der Waals surface area (Å²) in [5.41, 5.74) is 1.02. The number of rotatable bonds is 4. The highest BCUT2D eigenvalue weighted by molar-refractivity contribution is 5.67. The maximum Gasteiger partial charge on any atom is 0.409 e. The van der Waals surface area contributed by atoms with Crippen LogP contribution in [-0.4, -0.2) is 49.6 Å². The van der Waals surface area contributed by atoms with Crippen molar-refractivity contribution in [1.29, 1.82) is 0 Å². The van der Waals surface area contributed by atoms with Crippen molar-refractivity contribution in [3.8, 4) is 0 Å². The van der Waals surface area contributed by atoms with Gasteiger partial charge in [0.25, 0.3) is 0 Å². The van der Waals surface area contributed by atoms with Crippen LogP contribution in [0.25, 0.3) is 0 Å². The topological polar surface area (TPSA) is 32.8 Å². The summed E-state index contributed by atoms with van der Waals surface area (Å²) in [6.07, 6.45) is 0.922. The van der Waals surface area contributed by atoms with Gasteiger partial charge in [-0.05, 0) is 31.5 Å². The number of hydrogen-bond acceptors (Lipinski definition) is 3. The van der Waals surface area contributed by atoms with E-state index >= 15 is 0 Å². The van der Waals surface area contributed by atoms with E-state index in [-0.39, 0.29) is 6.09 Å². The smallest absolute Gasteiger partial charge is 0.409 e. The molecule has 4 nitrogen and oxygen atoms in total. The number of likely N-dealkylation sites (tertiary alicyclic amines) is 1. The van der Waals surface area contributed by atoms with Crippen molar-refractivity contribution in [2.24, 2.45) is 5.92 Å². The highest BCUT2D eigenvalue weighted by atomic mass is 16.6. The molecule has 2 rings (SSSR count). The van der Waals surface area contributed by atoms with Crippen molar-refractivity contribution in [3.63, 3.8) is 0 Å². The van der Waals surface area contributed by atoms with Gasteiger partial charge < -0.3 is 14.5 Å². The van der Waals surface area contributed by atoms with E-state index in [1.165, 1.54) is 0 Å². The maximum absolute atomic E-state index is 11.9. The Balaban J connectivity index is 1.73. The molecular weight excluding hydrogens is 240 g/mol. The van der Waals surface area contributed by atoms with E-state index in [2.05, 4.69) is 11.9 Å². The number of hydrogen-bond donors (Lipinski definition) is 0. The van der Waals surface area contributed by atoms with Crippen LogP contribution in [0, 0.1) is 5.92 Å². The van der Waals surface area contributed by atoms with Crippen molar-refractivity contribution in [3.05, 3.63) is 35.9 Å². The summed E-state index contributed by atoms with van der Waals surface area (Å²) in [7, 11) is 3.93. The molecule has 19 heavy (non-hydrogen) atoms. The lowest BCUT2D eigenvalue weighted by atomic mass is 10.1.